The molecular formula is C25H25F3N4O6S2. The summed E-state index contributed by atoms with van der Waals surface area (Å²) in [6.07, 6.45) is -3.18. The quantitative estimate of drug-likeness (QED) is 0.524. The number of alkyl halides is 3. The first-order valence-corrected chi connectivity index (χ1v) is 14.9. The molecule has 0 bridgehead atoms. The number of piperidine rings is 1. The number of amides is 2. The summed E-state index contributed by atoms with van der Waals surface area (Å²) < 4.78 is 92.6. The number of hydrogen-bond acceptors (Lipinski definition) is 7. The standard InChI is InChI=1S/C25H25F3N4O6S2/c1-16-14-21(40(37,38)31-17(2)33)7-6-18(16)8-13-39(35,36)32-11-9-24(10-12-32)23(34)29-22(30-24)19-4-3-5-20(15-19)25(26,27)28/h3-8,13-15H,9-12H2,1-2H3,(H,31,33)(H,29,30,34)/b13-8+. The first-order valence-electron chi connectivity index (χ1n) is 11.9. The molecule has 0 aliphatic carbocycles. The number of aryl methyl sites for hydroxylation is 1. The summed E-state index contributed by atoms with van der Waals surface area (Å²) in [5.41, 5.74) is -1.18. The molecule has 2 amide bonds. The van der Waals surface area contributed by atoms with E-state index >= 15 is 0 Å². The first-order chi connectivity index (χ1) is 18.5. The average Bonchev–Trinajstić information content (AvgIpc) is 3.17. The van der Waals surface area contributed by atoms with Crippen LogP contribution in [0.25, 0.3) is 6.08 Å². The van der Waals surface area contributed by atoms with Crippen molar-refractivity contribution in [2.24, 2.45) is 4.99 Å². The predicted octanol–water partition coefficient (Wildman–Crippen LogP) is 2.55. The first kappa shape index (κ1) is 29.4. The van der Waals surface area contributed by atoms with Crippen LogP contribution >= 0.6 is 0 Å². The molecule has 40 heavy (non-hydrogen) atoms. The van der Waals surface area contributed by atoms with Crippen molar-refractivity contribution in [1.29, 1.82) is 0 Å². The minimum atomic E-state index is -4.56. The van der Waals surface area contributed by atoms with E-state index in [4.69, 9.17) is 0 Å². The maximum Gasteiger partial charge on any atom is 0.416 e. The summed E-state index contributed by atoms with van der Waals surface area (Å²) in [4.78, 5) is 28.2. The Morgan fingerprint density at radius 3 is 2.38 bits per heavy atom. The summed E-state index contributed by atoms with van der Waals surface area (Å²) in [6.45, 7) is 2.55. The summed E-state index contributed by atoms with van der Waals surface area (Å²) >= 11 is 0. The third-order valence-corrected chi connectivity index (χ3v) is 9.60. The molecular weight excluding hydrogens is 573 g/mol. The van der Waals surface area contributed by atoms with E-state index in [1.54, 1.807) is 6.92 Å². The zero-order valence-electron chi connectivity index (χ0n) is 21.3. The Morgan fingerprint density at radius 1 is 1.10 bits per heavy atom. The van der Waals surface area contributed by atoms with E-state index in [0.717, 1.165) is 24.5 Å². The molecule has 2 aromatic rings. The van der Waals surface area contributed by atoms with Crippen LogP contribution < -0.4 is 10.0 Å². The van der Waals surface area contributed by atoms with Crippen molar-refractivity contribution in [1.82, 2.24) is 14.3 Å². The molecule has 0 atom stereocenters. The largest absolute Gasteiger partial charge is 0.416 e. The van der Waals surface area contributed by atoms with E-state index in [0.29, 0.717) is 11.1 Å². The number of nitrogens with one attached hydrogen (secondary N) is 2. The van der Waals surface area contributed by atoms with Gasteiger partial charge in [0.05, 0.1) is 10.5 Å². The molecule has 15 heteroatoms. The third-order valence-electron chi connectivity index (χ3n) is 6.60. The maximum absolute atomic E-state index is 13.1. The second-order valence-corrected chi connectivity index (χ2v) is 13.0. The lowest BCUT2D eigenvalue weighted by Gasteiger charge is -2.34. The molecule has 1 fully saturated rings. The van der Waals surface area contributed by atoms with Crippen molar-refractivity contribution in [2.45, 2.75) is 43.3 Å². The number of nitrogens with zero attached hydrogens (tertiary/aromatic N) is 2. The molecule has 0 unspecified atom stereocenters. The second-order valence-electron chi connectivity index (χ2n) is 9.45. The van der Waals surface area contributed by atoms with Gasteiger partial charge < -0.3 is 5.32 Å². The SMILES string of the molecule is CC(=O)NS(=O)(=O)c1ccc(/C=C/S(=O)(=O)N2CCC3(CC2)N=C(c2cccc(C(F)(F)F)c2)NC3=O)c(C)c1. The Hall–Kier alpha value is -3.56. The van der Waals surface area contributed by atoms with Crippen LogP contribution in [0, 0.1) is 6.92 Å². The predicted molar refractivity (Wildman–Crippen MR) is 140 cm³/mol. The van der Waals surface area contributed by atoms with Gasteiger partial charge in [-0.05, 0) is 61.2 Å². The van der Waals surface area contributed by atoms with Crippen LogP contribution in [0.4, 0.5) is 13.2 Å². The fourth-order valence-electron chi connectivity index (χ4n) is 4.44. The van der Waals surface area contributed by atoms with Gasteiger partial charge in [-0.1, -0.05) is 18.2 Å². The minimum Gasteiger partial charge on any atom is -0.308 e. The zero-order valence-corrected chi connectivity index (χ0v) is 23.0. The van der Waals surface area contributed by atoms with Crippen LogP contribution in [-0.2, 0) is 35.8 Å². The van der Waals surface area contributed by atoms with Crippen LogP contribution in [-0.4, -0.2) is 57.4 Å². The normalized spacial score (nSPS) is 18.1. The van der Waals surface area contributed by atoms with Gasteiger partial charge in [0, 0.05) is 31.0 Å². The molecule has 0 aromatic heterocycles. The van der Waals surface area contributed by atoms with Gasteiger partial charge in [-0.2, -0.15) is 17.5 Å². The fourth-order valence-corrected chi connectivity index (χ4v) is 6.70. The highest BCUT2D eigenvalue weighted by molar-refractivity contribution is 7.92. The smallest absolute Gasteiger partial charge is 0.308 e. The van der Waals surface area contributed by atoms with E-state index in [1.807, 2.05) is 4.72 Å². The van der Waals surface area contributed by atoms with Crippen LogP contribution in [0.5, 0.6) is 0 Å². The highest BCUT2D eigenvalue weighted by atomic mass is 32.2. The van der Waals surface area contributed by atoms with Crippen LogP contribution in [0.2, 0.25) is 0 Å². The molecule has 2 aliphatic heterocycles. The number of amidine groups is 1. The van der Waals surface area contributed by atoms with E-state index in [-0.39, 0.29) is 42.2 Å². The topological polar surface area (TPSA) is 142 Å². The number of benzene rings is 2. The summed E-state index contributed by atoms with van der Waals surface area (Å²) in [7, 11) is -7.98. The Kier molecular flexibility index (Phi) is 7.68. The number of hydrogen-bond donors (Lipinski definition) is 2. The van der Waals surface area contributed by atoms with Gasteiger partial charge in [0.15, 0.2) is 0 Å². The molecule has 1 spiro atoms. The Morgan fingerprint density at radius 2 is 1.77 bits per heavy atom. The highest BCUT2D eigenvalue weighted by Crippen LogP contribution is 2.34. The van der Waals surface area contributed by atoms with E-state index in [1.165, 1.54) is 40.7 Å². The minimum absolute atomic E-state index is 0.00624. The van der Waals surface area contributed by atoms with Crippen molar-refractivity contribution in [3.63, 3.8) is 0 Å². The highest BCUT2D eigenvalue weighted by Gasteiger charge is 2.47. The lowest BCUT2D eigenvalue weighted by molar-refractivity contribution is -0.137. The summed E-state index contributed by atoms with van der Waals surface area (Å²) in [5, 5.41) is 3.51. The van der Waals surface area contributed by atoms with Crippen molar-refractivity contribution in [2.75, 3.05) is 13.1 Å². The Labute approximate surface area is 229 Å². The fraction of sp³-hybridized carbons (Fsp3) is 0.320. The molecule has 214 valence electrons. The molecule has 10 nitrogen and oxygen atoms in total. The van der Waals surface area contributed by atoms with E-state index in [9.17, 15) is 39.6 Å². The van der Waals surface area contributed by atoms with Gasteiger partial charge in [0.2, 0.25) is 15.9 Å². The molecule has 4 rings (SSSR count). The molecule has 0 radical (unpaired) electrons. The van der Waals surface area contributed by atoms with Gasteiger partial charge >= 0.3 is 6.18 Å². The van der Waals surface area contributed by atoms with Gasteiger partial charge in [-0.3, -0.25) is 14.6 Å². The van der Waals surface area contributed by atoms with Crippen LogP contribution in [0.3, 0.4) is 0 Å². The molecule has 0 saturated carbocycles. The molecule has 2 heterocycles. The number of aliphatic imine (C=N–C) groups is 1. The average molecular weight is 599 g/mol. The maximum atomic E-state index is 13.1. The van der Waals surface area contributed by atoms with Crippen LogP contribution in [0.15, 0.2) is 57.8 Å². The Bertz CT molecular complexity index is 1640. The molecule has 2 aromatic carbocycles. The van der Waals surface area contributed by atoms with Gasteiger partial charge in [0.25, 0.3) is 15.9 Å². The number of sulfonamides is 2. The molecule has 1 saturated heterocycles. The lowest BCUT2D eigenvalue weighted by Crippen LogP contribution is -2.50. The lowest BCUT2D eigenvalue weighted by atomic mass is 9.89. The molecule has 2 aliphatic rings. The van der Waals surface area contributed by atoms with Crippen molar-refractivity contribution < 1.29 is 39.6 Å². The third kappa shape index (κ3) is 6.10. The van der Waals surface area contributed by atoms with Crippen molar-refractivity contribution in [3.05, 3.63) is 70.1 Å². The van der Waals surface area contributed by atoms with E-state index in [2.05, 4.69) is 10.3 Å². The zero-order chi connectivity index (χ0) is 29.5. The van der Waals surface area contributed by atoms with Crippen LogP contribution in [0.1, 0.15) is 42.0 Å². The second kappa shape index (κ2) is 10.4. The van der Waals surface area contributed by atoms with Gasteiger partial charge in [0.1, 0.15) is 11.4 Å². The number of rotatable bonds is 6. The Balaban J connectivity index is 1.47. The molecule has 2 N–H and O–H groups in total. The monoisotopic (exact) mass is 598 g/mol. The summed E-state index contributed by atoms with van der Waals surface area (Å²) in [6, 6.07) is 8.39. The number of carbonyl (C=O) groups is 2. The number of carbonyl (C=O) groups excluding carboxylic acids is 2. The van der Waals surface area contributed by atoms with Gasteiger partial charge in [-0.15, -0.1) is 0 Å². The summed E-state index contributed by atoms with van der Waals surface area (Å²) in [5.74, 6) is -1.24. The van der Waals surface area contributed by atoms with Crippen molar-refractivity contribution in [3.8, 4) is 0 Å². The van der Waals surface area contributed by atoms with E-state index < -0.39 is 49.1 Å². The number of halogens is 3. The van der Waals surface area contributed by atoms with Crippen molar-refractivity contribution >= 4 is 43.8 Å². The van der Waals surface area contributed by atoms with Gasteiger partial charge in [-0.25, -0.2) is 21.6 Å².